The van der Waals surface area contributed by atoms with Gasteiger partial charge in [-0.3, -0.25) is 0 Å². The standard InChI is InChI=1S/C13H18O4S/c1-9-3-4-13(12(7-9)10(2)14)17-11-5-6-18(15,16)8-11/h3-4,7,10-11,14H,5-6,8H2,1-2H3/t10-,11?/m1/s1. The molecule has 1 aromatic rings. The van der Waals surface area contributed by atoms with Crippen LogP contribution in [0.2, 0.25) is 0 Å². The predicted octanol–water partition coefficient (Wildman–Crippen LogP) is 1.61. The van der Waals surface area contributed by atoms with Crippen LogP contribution in [0.1, 0.15) is 30.6 Å². The minimum atomic E-state index is -2.94. The van der Waals surface area contributed by atoms with E-state index in [9.17, 15) is 13.5 Å². The predicted molar refractivity (Wildman–Crippen MR) is 69.5 cm³/mol. The van der Waals surface area contributed by atoms with Crippen LogP contribution in [0, 0.1) is 6.92 Å². The maximum atomic E-state index is 11.4. The van der Waals surface area contributed by atoms with Crippen LogP contribution >= 0.6 is 0 Å². The van der Waals surface area contributed by atoms with E-state index in [1.165, 1.54) is 0 Å². The van der Waals surface area contributed by atoms with Gasteiger partial charge in [0.1, 0.15) is 11.9 Å². The van der Waals surface area contributed by atoms with Crippen LogP contribution in [0.25, 0.3) is 0 Å². The highest BCUT2D eigenvalue weighted by molar-refractivity contribution is 7.91. The number of aliphatic hydroxyl groups is 1. The van der Waals surface area contributed by atoms with Crippen molar-refractivity contribution >= 4 is 9.84 Å². The van der Waals surface area contributed by atoms with Crippen molar-refractivity contribution in [1.82, 2.24) is 0 Å². The van der Waals surface area contributed by atoms with Crippen LogP contribution in [-0.2, 0) is 9.84 Å². The first-order valence-electron chi connectivity index (χ1n) is 6.03. The lowest BCUT2D eigenvalue weighted by molar-refractivity contribution is 0.180. The molecule has 1 saturated heterocycles. The quantitative estimate of drug-likeness (QED) is 0.906. The van der Waals surface area contributed by atoms with Crippen molar-refractivity contribution in [2.75, 3.05) is 11.5 Å². The van der Waals surface area contributed by atoms with E-state index >= 15 is 0 Å². The van der Waals surface area contributed by atoms with Crippen LogP contribution < -0.4 is 4.74 Å². The Bertz CT molecular complexity index is 534. The highest BCUT2D eigenvalue weighted by atomic mass is 32.2. The Morgan fingerprint density at radius 2 is 2.17 bits per heavy atom. The first-order valence-corrected chi connectivity index (χ1v) is 7.85. The van der Waals surface area contributed by atoms with Crippen molar-refractivity contribution in [2.24, 2.45) is 0 Å². The third kappa shape index (κ3) is 3.03. The topological polar surface area (TPSA) is 63.6 Å². The second-order valence-electron chi connectivity index (χ2n) is 4.86. The Morgan fingerprint density at radius 3 is 2.72 bits per heavy atom. The van der Waals surface area contributed by atoms with E-state index in [0.29, 0.717) is 17.7 Å². The second kappa shape index (κ2) is 4.90. The molecule has 1 aromatic carbocycles. The molecule has 0 amide bonds. The molecular formula is C13H18O4S. The van der Waals surface area contributed by atoms with Gasteiger partial charge in [0.05, 0.1) is 17.6 Å². The van der Waals surface area contributed by atoms with Crippen LogP contribution in [0.5, 0.6) is 5.75 Å². The summed E-state index contributed by atoms with van der Waals surface area (Å²) in [5.74, 6) is 0.839. The van der Waals surface area contributed by atoms with Gasteiger partial charge < -0.3 is 9.84 Å². The zero-order valence-electron chi connectivity index (χ0n) is 10.6. The second-order valence-corrected chi connectivity index (χ2v) is 7.09. The number of hydrogen-bond donors (Lipinski definition) is 1. The van der Waals surface area contributed by atoms with Crippen molar-refractivity contribution < 1.29 is 18.3 Å². The van der Waals surface area contributed by atoms with Crippen LogP contribution in [0.15, 0.2) is 18.2 Å². The van der Waals surface area contributed by atoms with Gasteiger partial charge in [0, 0.05) is 5.56 Å². The monoisotopic (exact) mass is 270 g/mol. The van der Waals surface area contributed by atoms with Gasteiger partial charge in [-0.2, -0.15) is 0 Å². The number of sulfone groups is 1. The van der Waals surface area contributed by atoms with Crippen LogP contribution in [0.3, 0.4) is 0 Å². The van der Waals surface area contributed by atoms with E-state index in [1.807, 2.05) is 19.1 Å². The minimum Gasteiger partial charge on any atom is -0.489 e. The summed E-state index contributed by atoms with van der Waals surface area (Å²) in [5, 5.41) is 9.71. The van der Waals surface area contributed by atoms with Gasteiger partial charge in [0.2, 0.25) is 0 Å². The Labute approximate surface area is 108 Å². The molecule has 0 spiro atoms. The molecular weight excluding hydrogens is 252 g/mol. The molecule has 1 aliphatic rings. The zero-order chi connectivity index (χ0) is 13.3. The van der Waals surface area contributed by atoms with Crippen LogP contribution in [0.4, 0.5) is 0 Å². The van der Waals surface area contributed by atoms with Gasteiger partial charge >= 0.3 is 0 Å². The minimum absolute atomic E-state index is 0.0696. The molecule has 0 saturated carbocycles. The molecule has 18 heavy (non-hydrogen) atoms. The van der Waals surface area contributed by atoms with Crippen molar-refractivity contribution in [3.63, 3.8) is 0 Å². The average molecular weight is 270 g/mol. The molecule has 5 heteroatoms. The molecule has 1 heterocycles. The normalized spacial score (nSPS) is 23.8. The van der Waals surface area contributed by atoms with E-state index in [4.69, 9.17) is 4.74 Å². The van der Waals surface area contributed by atoms with Crippen molar-refractivity contribution in [1.29, 1.82) is 0 Å². The van der Waals surface area contributed by atoms with Gasteiger partial charge in [-0.25, -0.2) is 8.42 Å². The summed E-state index contributed by atoms with van der Waals surface area (Å²) in [6.45, 7) is 3.61. The first kappa shape index (κ1) is 13.4. The van der Waals surface area contributed by atoms with Crippen molar-refractivity contribution in [2.45, 2.75) is 32.5 Å². The Kier molecular flexibility index (Phi) is 3.64. The fourth-order valence-electron chi connectivity index (χ4n) is 2.14. The summed E-state index contributed by atoms with van der Waals surface area (Å²) in [6.07, 6.45) is -0.400. The number of aryl methyl sites for hydroxylation is 1. The number of hydrogen-bond acceptors (Lipinski definition) is 4. The molecule has 0 radical (unpaired) electrons. The SMILES string of the molecule is Cc1ccc(OC2CCS(=O)(=O)C2)c([C@@H](C)O)c1. The number of aliphatic hydroxyl groups excluding tert-OH is 1. The Morgan fingerprint density at radius 1 is 1.44 bits per heavy atom. The molecule has 0 bridgehead atoms. The lowest BCUT2D eigenvalue weighted by Gasteiger charge is -2.17. The average Bonchev–Trinajstić information content (AvgIpc) is 2.60. The summed E-state index contributed by atoms with van der Waals surface area (Å²) in [6, 6.07) is 5.55. The maximum Gasteiger partial charge on any atom is 0.154 e. The molecule has 0 aromatic heterocycles. The molecule has 100 valence electrons. The summed E-state index contributed by atoms with van der Waals surface area (Å²) in [7, 11) is -2.94. The Hall–Kier alpha value is -1.07. The zero-order valence-corrected chi connectivity index (χ0v) is 11.4. The number of ether oxygens (including phenoxy) is 1. The molecule has 1 fully saturated rings. The van der Waals surface area contributed by atoms with E-state index in [0.717, 1.165) is 5.56 Å². The molecule has 1 N–H and O–H groups in total. The van der Waals surface area contributed by atoms with Gasteiger partial charge in [0.25, 0.3) is 0 Å². The summed E-state index contributed by atoms with van der Waals surface area (Å²) >= 11 is 0. The van der Waals surface area contributed by atoms with E-state index in [2.05, 4.69) is 0 Å². The largest absolute Gasteiger partial charge is 0.489 e. The summed E-state index contributed by atoms with van der Waals surface area (Å²) < 4.78 is 28.5. The lowest BCUT2D eigenvalue weighted by atomic mass is 10.1. The van der Waals surface area contributed by atoms with Gasteiger partial charge in [0.15, 0.2) is 9.84 Å². The fourth-order valence-corrected chi connectivity index (χ4v) is 3.72. The molecule has 4 nitrogen and oxygen atoms in total. The smallest absolute Gasteiger partial charge is 0.154 e. The lowest BCUT2D eigenvalue weighted by Crippen LogP contribution is -2.18. The van der Waals surface area contributed by atoms with Gasteiger partial charge in [-0.15, -0.1) is 0 Å². The van der Waals surface area contributed by atoms with Gasteiger partial charge in [-0.05, 0) is 32.4 Å². The third-order valence-electron chi connectivity index (χ3n) is 3.10. The van der Waals surface area contributed by atoms with Gasteiger partial charge in [-0.1, -0.05) is 11.6 Å². The molecule has 2 rings (SSSR count). The highest BCUT2D eigenvalue weighted by Gasteiger charge is 2.30. The molecule has 1 aliphatic heterocycles. The Balaban J connectivity index is 2.19. The van der Waals surface area contributed by atoms with Crippen LogP contribution in [-0.4, -0.2) is 31.1 Å². The number of benzene rings is 1. The molecule has 1 unspecified atom stereocenters. The van der Waals surface area contributed by atoms with E-state index in [-0.39, 0.29) is 17.6 Å². The molecule has 2 atom stereocenters. The third-order valence-corrected chi connectivity index (χ3v) is 4.84. The summed E-state index contributed by atoms with van der Waals surface area (Å²) in [4.78, 5) is 0. The highest BCUT2D eigenvalue weighted by Crippen LogP contribution is 2.29. The summed E-state index contributed by atoms with van der Waals surface area (Å²) in [5.41, 5.74) is 1.75. The number of rotatable bonds is 3. The molecule has 0 aliphatic carbocycles. The van der Waals surface area contributed by atoms with E-state index < -0.39 is 15.9 Å². The first-order chi connectivity index (χ1) is 8.37. The maximum absolute atomic E-state index is 11.4. The van der Waals surface area contributed by atoms with Crippen molar-refractivity contribution in [3.8, 4) is 5.75 Å². The van der Waals surface area contributed by atoms with E-state index in [1.54, 1.807) is 13.0 Å². The van der Waals surface area contributed by atoms with Crippen molar-refractivity contribution in [3.05, 3.63) is 29.3 Å². The fraction of sp³-hybridized carbons (Fsp3) is 0.538.